The van der Waals surface area contributed by atoms with Gasteiger partial charge in [0.05, 0.1) is 25.4 Å². The van der Waals surface area contributed by atoms with E-state index < -0.39 is 5.91 Å². The van der Waals surface area contributed by atoms with E-state index >= 15 is 0 Å². The summed E-state index contributed by atoms with van der Waals surface area (Å²) in [5.41, 5.74) is 8.32. The van der Waals surface area contributed by atoms with Crippen LogP contribution in [0.3, 0.4) is 0 Å². The van der Waals surface area contributed by atoms with Gasteiger partial charge in [0, 0.05) is 11.3 Å². The van der Waals surface area contributed by atoms with Crippen molar-refractivity contribution >= 4 is 11.6 Å². The highest BCUT2D eigenvalue weighted by Crippen LogP contribution is 2.30. The Morgan fingerprint density at radius 3 is 2.80 bits per heavy atom. The molecule has 0 aliphatic heterocycles. The fourth-order valence-electron chi connectivity index (χ4n) is 2.63. The van der Waals surface area contributed by atoms with E-state index in [0.29, 0.717) is 23.8 Å². The van der Waals surface area contributed by atoms with Gasteiger partial charge in [-0.2, -0.15) is 0 Å². The third-order valence-corrected chi connectivity index (χ3v) is 3.96. The van der Waals surface area contributed by atoms with Gasteiger partial charge in [-0.25, -0.2) is 4.98 Å². The van der Waals surface area contributed by atoms with Gasteiger partial charge in [-0.3, -0.25) is 4.79 Å². The van der Waals surface area contributed by atoms with Crippen LogP contribution in [-0.2, 0) is 6.54 Å². The molecule has 6 nitrogen and oxygen atoms in total. The third kappa shape index (κ3) is 3.47. The van der Waals surface area contributed by atoms with Gasteiger partial charge in [-0.05, 0) is 36.8 Å². The lowest BCUT2D eigenvalue weighted by atomic mass is 10.1. The predicted molar refractivity (Wildman–Crippen MR) is 95.5 cm³/mol. The second-order valence-electron chi connectivity index (χ2n) is 5.51. The molecule has 0 unspecified atom stereocenters. The van der Waals surface area contributed by atoms with Crippen molar-refractivity contribution in [2.24, 2.45) is 5.73 Å². The van der Waals surface area contributed by atoms with Gasteiger partial charge < -0.3 is 20.2 Å². The minimum Gasteiger partial charge on any atom is -0.496 e. The number of primary amides is 1. The van der Waals surface area contributed by atoms with Gasteiger partial charge in [0.1, 0.15) is 5.75 Å². The van der Waals surface area contributed by atoms with Crippen LogP contribution >= 0.6 is 0 Å². The Hall–Kier alpha value is -3.28. The highest BCUT2D eigenvalue weighted by molar-refractivity contribution is 5.95. The number of para-hydroxylation sites is 1. The average Bonchev–Trinajstić information content (AvgIpc) is 3.09. The lowest BCUT2D eigenvalue weighted by molar-refractivity contribution is 0.1000. The number of rotatable bonds is 6. The molecule has 0 saturated carbocycles. The number of carbonyl (C=O) groups is 1. The molecule has 1 heterocycles. The van der Waals surface area contributed by atoms with E-state index in [0.717, 1.165) is 22.6 Å². The van der Waals surface area contributed by atoms with E-state index in [1.54, 1.807) is 25.4 Å². The maximum absolute atomic E-state index is 11.4. The van der Waals surface area contributed by atoms with Gasteiger partial charge in [0.2, 0.25) is 11.8 Å². The van der Waals surface area contributed by atoms with E-state index in [4.69, 9.17) is 14.9 Å². The first kappa shape index (κ1) is 16.6. The quantitative estimate of drug-likeness (QED) is 0.720. The summed E-state index contributed by atoms with van der Waals surface area (Å²) >= 11 is 0. The van der Waals surface area contributed by atoms with Crippen LogP contribution in [-0.4, -0.2) is 18.0 Å². The maximum Gasteiger partial charge on any atom is 0.249 e. The van der Waals surface area contributed by atoms with Crippen LogP contribution in [0, 0.1) is 6.92 Å². The second kappa shape index (κ2) is 7.09. The number of nitrogens with two attached hydrogens (primary N) is 1. The molecule has 3 rings (SSSR count). The molecule has 6 heteroatoms. The van der Waals surface area contributed by atoms with Gasteiger partial charge >= 0.3 is 0 Å². The molecule has 0 radical (unpaired) electrons. The normalized spacial score (nSPS) is 10.5. The van der Waals surface area contributed by atoms with Gasteiger partial charge in [0.25, 0.3) is 0 Å². The Labute approximate surface area is 145 Å². The number of anilines is 1. The van der Waals surface area contributed by atoms with E-state index in [9.17, 15) is 4.79 Å². The molecule has 25 heavy (non-hydrogen) atoms. The summed E-state index contributed by atoms with van der Waals surface area (Å²) in [4.78, 5) is 15.7. The molecule has 0 spiro atoms. The topological polar surface area (TPSA) is 90.4 Å². The molecule has 0 saturated heterocycles. The molecular formula is C19H19N3O3. The summed E-state index contributed by atoms with van der Waals surface area (Å²) in [5, 5.41) is 3.22. The Balaban J connectivity index is 1.77. The van der Waals surface area contributed by atoms with Gasteiger partial charge in [-0.1, -0.05) is 18.2 Å². The van der Waals surface area contributed by atoms with Gasteiger partial charge in [0.15, 0.2) is 5.76 Å². The molecule has 0 fully saturated rings. The number of nitrogens with one attached hydrogen (secondary N) is 1. The molecule has 1 amide bonds. The number of ether oxygens (including phenoxy) is 1. The van der Waals surface area contributed by atoms with E-state index in [2.05, 4.69) is 10.3 Å². The SMILES string of the molecule is COc1ccccc1-c1cnc(CNc2cccc(C(N)=O)c2C)o1. The van der Waals surface area contributed by atoms with Crippen LogP contribution in [0.25, 0.3) is 11.3 Å². The number of hydrogen-bond acceptors (Lipinski definition) is 5. The molecule has 0 bridgehead atoms. The highest BCUT2D eigenvalue weighted by Gasteiger charge is 2.12. The number of oxazole rings is 1. The number of benzene rings is 2. The number of aromatic nitrogens is 1. The van der Waals surface area contributed by atoms with Crippen LogP contribution in [0.1, 0.15) is 21.8 Å². The van der Waals surface area contributed by atoms with Crippen molar-refractivity contribution < 1.29 is 13.9 Å². The van der Waals surface area contributed by atoms with E-state index in [-0.39, 0.29) is 0 Å². The number of nitrogens with zero attached hydrogens (tertiary/aromatic N) is 1. The minimum atomic E-state index is -0.448. The fraction of sp³-hybridized carbons (Fsp3) is 0.158. The van der Waals surface area contributed by atoms with Crippen molar-refractivity contribution in [3.05, 3.63) is 65.7 Å². The summed E-state index contributed by atoms with van der Waals surface area (Å²) in [5.74, 6) is 1.44. The first-order chi connectivity index (χ1) is 12.1. The molecular weight excluding hydrogens is 318 g/mol. The van der Waals surface area contributed by atoms with Crippen LogP contribution in [0.15, 0.2) is 53.1 Å². The van der Waals surface area contributed by atoms with Crippen molar-refractivity contribution in [2.45, 2.75) is 13.5 Å². The maximum atomic E-state index is 11.4. The molecule has 3 aromatic rings. The van der Waals surface area contributed by atoms with E-state index in [1.165, 1.54) is 0 Å². The Bertz CT molecular complexity index is 902. The summed E-state index contributed by atoms with van der Waals surface area (Å²) < 4.78 is 11.1. The standard InChI is InChI=1S/C19H19N3O3/c1-12-13(19(20)23)7-5-8-15(12)21-11-18-22-10-17(25-18)14-6-3-4-9-16(14)24-2/h3-10,21H,11H2,1-2H3,(H2,20,23). The van der Waals surface area contributed by atoms with Crippen molar-refractivity contribution in [3.63, 3.8) is 0 Å². The Kier molecular flexibility index (Phi) is 4.70. The first-order valence-corrected chi connectivity index (χ1v) is 7.81. The second-order valence-corrected chi connectivity index (χ2v) is 5.51. The van der Waals surface area contributed by atoms with Crippen molar-refractivity contribution in [1.82, 2.24) is 4.98 Å². The van der Waals surface area contributed by atoms with Crippen LogP contribution in [0.5, 0.6) is 5.75 Å². The van der Waals surface area contributed by atoms with Crippen LogP contribution in [0.2, 0.25) is 0 Å². The summed E-state index contributed by atoms with van der Waals surface area (Å²) in [6.45, 7) is 2.23. The summed E-state index contributed by atoms with van der Waals surface area (Å²) in [6, 6.07) is 13.0. The zero-order chi connectivity index (χ0) is 17.8. The average molecular weight is 337 g/mol. The predicted octanol–water partition coefficient (Wildman–Crippen LogP) is 3.37. The number of amides is 1. The molecule has 0 aliphatic carbocycles. The van der Waals surface area contributed by atoms with Crippen molar-refractivity contribution in [1.29, 1.82) is 0 Å². The lowest BCUT2D eigenvalue weighted by Gasteiger charge is -2.10. The number of methoxy groups -OCH3 is 1. The zero-order valence-electron chi connectivity index (χ0n) is 14.1. The van der Waals surface area contributed by atoms with Crippen LogP contribution < -0.4 is 15.8 Å². The largest absolute Gasteiger partial charge is 0.496 e. The molecule has 1 aromatic heterocycles. The Morgan fingerprint density at radius 2 is 2.04 bits per heavy atom. The molecule has 3 N–H and O–H groups in total. The number of hydrogen-bond donors (Lipinski definition) is 2. The van der Waals surface area contributed by atoms with Crippen molar-refractivity contribution in [3.8, 4) is 17.1 Å². The first-order valence-electron chi connectivity index (χ1n) is 7.81. The lowest BCUT2D eigenvalue weighted by Crippen LogP contribution is -2.13. The fourth-order valence-corrected chi connectivity index (χ4v) is 2.63. The van der Waals surface area contributed by atoms with Crippen molar-refractivity contribution in [2.75, 3.05) is 12.4 Å². The summed E-state index contributed by atoms with van der Waals surface area (Å²) in [6.07, 6.45) is 1.67. The third-order valence-electron chi connectivity index (χ3n) is 3.96. The molecule has 128 valence electrons. The number of carbonyl (C=O) groups excluding carboxylic acids is 1. The molecule has 2 aromatic carbocycles. The zero-order valence-corrected chi connectivity index (χ0v) is 14.1. The summed E-state index contributed by atoms with van der Waals surface area (Å²) in [7, 11) is 1.62. The monoisotopic (exact) mass is 337 g/mol. The Morgan fingerprint density at radius 1 is 1.24 bits per heavy atom. The minimum absolute atomic E-state index is 0.387. The van der Waals surface area contributed by atoms with Crippen LogP contribution in [0.4, 0.5) is 5.69 Å². The van der Waals surface area contributed by atoms with E-state index in [1.807, 2.05) is 37.3 Å². The molecule has 0 aliphatic rings. The smallest absolute Gasteiger partial charge is 0.249 e. The van der Waals surface area contributed by atoms with Gasteiger partial charge in [-0.15, -0.1) is 0 Å². The highest BCUT2D eigenvalue weighted by atomic mass is 16.5. The molecule has 0 atom stereocenters.